The molecule has 0 unspecified atom stereocenters. The van der Waals surface area contributed by atoms with Crippen LogP contribution in [0.5, 0.6) is 0 Å². The zero-order valence-electron chi connectivity index (χ0n) is 12.2. The Morgan fingerprint density at radius 1 is 1.40 bits per heavy atom. The Morgan fingerprint density at radius 2 is 2.00 bits per heavy atom. The van der Waals surface area contributed by atoms with Crippen LogP contribution in [0.4, 0.5) is 9.18 Å². The van der Waals surface area contributed by atoms with Gasteiger partial charge < -0.3 is 14.7 Å². The molecule has 1 amide bonds. The lowest BCUT2D eigenvalue weighted by Crippen LogP contribution is -2.61. The lowest BCUT2D eigenvalue weighted by molar-refractivity contribution is -0.103. The van der Waals surface area contributed by atoms with E-state index in [4.69, 9.17) is 4.74 Å². The smallest absolute Gasteiger partial charge is 0.410 e. The number of amides is 1. The van der Waals surface area contributed by atoms with Crippen molar-refractivity contribution in [3.8, 4) is 0 Å². The predicted molar refractivity (Wildman–Crippen MR) is 72.8 cm³/mol. The number of hydrogen-bond acceptors (Lipinski definition) is 3. The SMILES string of the molecule is Cc1cc(C2(O)CN(C(=O)OC(C)(C)C)C2)ccc1F. The molecule has 1 aliphatic rings. The molecule has 1 heterocycles. The quantitative estimate of drug-likeness (QED) is 0.860. The van der Waals surface area contributed by atoms with Gasteiger partial charge in [0.2, 0.25) is 0 Å². The third-order valence-corrected chi connectivity index (χ3v) is 3.25. The van der Waals surface area contributed by atoms with Gasteiger partial charge in [-0.3, -0.25) is 0 Å². The van der Waals surface area contributed by atoms with Crippen LogP contribution in [0.25, 0.3) is 0 Å². The van der Waals surface area contributed by atoms with Crippen molar-refractivity contribution in [2.24, 2.45) is 0 Å². The van der Waals surface area contributed by atoms with Crippen LogP contribution in [-0.4, -0.2) is 34.8 Å². The van der Waals surface area contributed by atoms with E-state index in [1.165, 1.54) is 11.0 Å². The maximum Gasteiger partial charge on any atom is 0.410 e. The number of aryl methyl sites for hydroxylation is 1. The van der Waals surface area contributed by atoms with Crippen molar-refractivity contribution in [1.82, 2.24) is 4.90 Å². The first kappa shape index (κ1) is 14.8. The number of ether oxygens (including phenoxy) is 1. The molecule has 1 aliphatic heterocycles. The minimum Gasteiger partial charge on any atom is -0.444 e. The van der Waals surface area contributed by atoms with Gasteiger partial charge in [0, 0.05) is 0 Å². The Bertz CT molecular complexity index is 530. The molecule has 2 rings (SSSR count). The average Bonchev–Trinajstić information content (AvgIpc) is 2.26. The van der Waals surface area contributed by atoms with Crippen molar-refractivity contribution in [1.29, 1.82) is 0 Å². The third-order valence-electron chi connectivity index (χ3n) is 3.25. The molecule has 1 aromatic rings. The molecule has 1 fully saturated rings. The summed E-state index contributed by atoms with van der Waals surface area (Å²) in [5.74, 6) is -0.305. The highest BCUT2D eigenvalue weighted by atomic mass is 19.1. The second-order valence-electron chi connectivity index (χ2n) is 6.33. The summed E-state index contributed by atoms with van der Waals surface area (Å²) in [6.45, 7) is 7.34. The molecule has 0 bridgehead atoms. The lowest BCUT2D eigenvalue weighted by Gasteiger charge is -2.46. The molecule has 5 heteroatoms. The van der Waals surface area contributed by atoms with Crippen LogP contribution >= 0.6 is 0 Å². The second kappa shape index (κ2) is 4.74. The number of nitrogens with zero attached hydrogens (tertiary/aromatic N) is 1. The zero-order valence-corrected chi connectivity index (χ0v) is 12.2. The van der Waals surface area contributed by atoms with Crippen LogP contribution in [-0.2, 0) is 10.3 Å². The van der Waals surface area contributed by atoms with Gasteiger partial charge in [0.15, 0.2) is 0 Å². The Balaban J connectivity index is 2.03. The number of hydrogen-bond donors (Lipinski definition) is 1. The number of likely N-dealkylation sites (tertiary alicyclic amines) is 1. The van der Waals surface area contributed by atoms with E-state index in [2.05, 4.69) is 0 Å². The van der Waals surface area contributed by atoms with Gasteiger partial charge in [-0.1, -0.05) is 12.1 Å². The van der Waals surface area contributed by atoms with Crippen LogP contribution in [0.3, 0.4) is 0 Å². The van der Waals surface area contributed by atoms with Crippen LogP contribution in [0, 0.1) is 12.7 Å². The monoisotopic (exact) mass is 281 g/mol. The molecule has 1 aromatic carbocycles. The van der Waals surface area contributed by atoms with E-state index in [-0.39, 0.29) is 18.9 Å². The highest BCUT2D eigenvalue weighted by Gasteiger charge is 2.46. The Morgan fingerprint density at radius 3 is 2.50 bits per heavy atom. The maximum absolute atomic E-state index is 13.2. The number of benzene rings is 1. The fourth-order valence-corrected chi connectivity index (χ4v) is 2.16. The number of carbonyl (C=O) groups is 1. The van der Waals surface area contributed by atoms with Crippen molar-refractivity contribution < 1.29 is 19.0 Å². The van der Waals surface area contributed by atoms with E-state index in [1.54, 1.807) is 39.8 Å². The zero-order chi connectivity index (χ0) is 15.1. The van der Waals surface area contributed by atoms with Crippen molar-refractivity contribution in [3.63, 3.8) is 0 Å². The van der Waals surface area contributed by atoms with Crippen LogP contribution < -0.4 is 0 Å². The second-order valence-corrected chi connectivity index (χ2v) is 6.33. The number of carbonyl (C=O) groups excluding carboxylic acids is 1. The van der Waals surface area contributed by atoms with E-state index in [1.807, 2.05) is 0 Å². The summed E-state index contributed by atoms with van der Waals surface area (Å²) in [6.07, 6.45) is -0.444. The Hall–Kier alpha value is -1.62. The molecule has 4 nitrogen and oxygen atoms in total. The standard InChI is InChI=1S/C15H20FNO3/c1-10-7-11(5-6-12(10)16)15(19)8-17(9-15)13(18)20-14(2,3)4/h5-7,19H,8-9H2,1-4H3. The van der Waals surface area contributed by atoms with Crippen LogP contribution in [0.1, 0.15) is 31.9 Å². The highest BCUT2D eigenvalue weighted by molar-refractivity contribution is 5.70. The minimum absolute atomic E-state index is 0.160. The lowest BCUT2D eigenvalue weighted by atomic mass is 9.85. The topological polar surface area (TPSA) is 49.8 Å². The van der Waals surface area contributed by atoms with Crippen LogP contribution in [0.15, 0.2) is 18.2 Å². The molecule has 1 N–H and O–H groups in total. The van der Waals surface area contributed by atoms with Crippen molar-refractivity contribution in [2.75, 3.05) is 13.1 Å². The summed E-state index contributed by atoms with van der Waals surface area (Å²) >= 11 is 0. The van der Waals surface area contributed by atoms with E-state index >= 15 is 0 Å². The summed E-state index contributed by atoms with van der Waals surface area (Å²) in [7, 11) is 0. The first-order valence-electron chi connectivity index (χ1n) is 6.58. The molecule has 0 spiro atoms. The Kier molecular flexibility index (Phi) is 3.50. The van der Waals surface area contributed by atoms with Gasteiger partial charge in [0.1, 0.15) is 17.0 Å². The van der Waals surface area contributed by atoms with Crippen molar-refractivity contribution >= 4 is 6.09 Å². The predicted octanol–water partition coefficient (Wildman–Crippen LogP) is 2.57. The van der Waals surface area contributed by atoms with Gasteiger partial charge in [-0.15, -0.1) is 0 Å². The molecule has 1 saturated heterocycles. The van der Waals surface area contributed by atoms with Gasteiger partial charge >= 0.3 is 6.09 Å². The van der Waals surface area contributed by atoms with E-state index < -0.39 is 17.3 Å². The number of rotatable bonds is 1. The van der Waals surface area contributed by atoms with Crippen molar-refractivity contribution in [3.05, 3.63) is 35.1 Å². The molecule has 0 atom stereocenters. The molecular weight excluding hydrogens is 261 g/mol. The van der Waals surface area contributed by atoms with Gasteiger partial charge in [0.05, 0.1) is 13.1 Å². The highest BCUT2D eigenvalue weighted by Crippen LogP contribution is 2.33. The first-order chi connectivity index (χ1) is 9.11. The summed E-state index contributed by atoms with van der Waals surface area (Å²) in [5, 5.41) is 10.4. The van der Waals surface area contributed by atoms with E-state index in [9.17, 15) is 14.3 Å². The molecule has 20 heavy (non-hydrogen) atoms. The largest absolute Gasteiger partial charge is 0.444 e. The first-order valence-corrected chi connectivity index (χ1v) is 6.58. The molecule has 0 radical (unpaired) electrons. The summed E-state index contributed by atoms with van der Waals surface area (Å²) in [4.78, 5) is 13.2. The number of halogens is 1. The maximum atomic E-state index is 13.2. The van der Waals surface area contributed by atoms with E-state index in [0.717, 1.165) is 0 Å². The molecule has 0 saturated carbocycles. The fraction of sp³-hybridized carbons (Fsp3) is 0.533. The van der Waals surface area contributed by atoms with Gasteiger partial charge in [-0.05, 0) is 44.9 Å². The number of aliphatic hydroxyl groups is 1. The van der Waals surface area contributed by atoms with Gasteiger partial charge in [-0.25, -0.2) is 9.18 Å². The molecule has 0 aliphatic carbocycles. The van der Waals surface area contributed by atoms with Gasteiger partial charge in [-0.2, -0.15) is 0 Å². The minimum atomic E-state index is -1.12. The Labute approximate surface area is 118 Å². The van der Waals surface area contributed by atoms with Gasteiger partial charge in [0.25, 0.3) is 0 Å². The molecule has 110 valence electrons. The normalized spacial score (nSPS) is 17.6. The van der Waals surface area contributed by atoms with Crippen LogP contribution in [0.2, 0.25) is 0 Å². The van der Waals surface area contributed by atoms with Crippen molar-refractivity contribution in [2.45, 2.75) is 38.9 Å². The third kappa shape index (κ3) is 2.93. The summed E-state index contributed by atoms with van der Waals surface area (Å²) < 4.78 is 18.5. The number of β-amino-alcohol motifs (C(OH)–C–C–N with tert-alkyl or cyclic N) is 1. The fourth-order valence-electron chi connectivity index (χ4n) is 2.16. The van der Waals surface area contributed by atoms with E-state index in [0.29, 0.717) is 11.1 Å². The summed E-state index contributed by atoms with van der Waals surface area (Å²) in [5.41, 5.74) is -0.574. The molecule has 0 aromatic heterocycles. The average molecular weight is 281 g/mol. The molecular formula is C15H20FNO3. The summed E-state index contributed by atoms with van der Waals surface area (Å²) in [6, 6.07) is 4.50.